The van der Waals surface area contributed by atoms with Crippen molar-refractivity contribution < 1.29 is 4.74 Å². The predicted octanol–water partition coefficient (Wildman–Crippen LogP) is 3.80. The molecule has 110 valence electrons. The second-order valence-electron chi connectivity index (χ2n) is 4.99. The quantitative estimate of drug-likeness (QED) is 0.880. The minimum Gasteiger partial charge on any atom is -0.495 e. The smallest absolute Gasteiger partial charge is 0.142 e. The number of hydrogen-bond donors (Lipinski definition) is 2. The molecule has 2 N–H and O–H groups in total. The second-order valence-corrected chi connectivity index (χ2v) is 5.43. The molecule has 1 saturated carbocycles. The molecule has 5 nitrogen and oxygen atoms in total. The summed E-state index contributed by atoms with van der Waals surface area (Å²) < 4.78 is 5.34. The van der Waals surface area contributed by atoms with Gasteiger partial charge in [0, 0.05) is 24.1 Å². The fraction of sp³-hybridized carbons (Fsp3) is 0.333. The SMILES string of the molecule is CNc1cc(Nc2cc(Cl)ccc2OC)nc(C2CC2)n1. The molecule has 2 aromatic rings. The van der Waals surface area contributed by atoms with Crippen LogP contribution in [0.2, 0.25) is 5.02 Å². The Morgan fingerprint density at radius 3 is 2.62 bits per heavy atom. The van der Waals surface area contributed by atoms with E-state index in [1.54, 1.807) is 13.2 Å². The van der Waals surface area contributed by atoms with Gasteiger partial charge in [-0.3, -0.25) is 0 Å². The first-order chi connectivity index (χ1) is 10.2. The van der Waals surface area contributed by atoms with E-state index < -0.39 is 0 Å². The first kappa shape index (κ1) is 13.9. The number of anilines is 3. The molecule has 1 fully saturated rings. The minimum absolute atomic E-state index is 0.486. The van der Waals surface area contributed by atoms with Crippen LogP contribution in [0.15, 0.2) is 24.3 Å². The van der Waals surface area contributed by atoms with E-state index >= 15 is 0 Å². The van der Waals surface area contributed by atoms with Gasteiger partial charge in [0.05, 0.1) is 12.8 Å². The van der Waals surface area contributed by atoms with Crippen LogP contribution < -0.4 is 15.4 Å². The number of nitrogens with zero attached hydrogens (tertiary/aromatic N) is 2. The van der Waals surface area contributed by atoms with Crippen molar-refractivity contribution in [3.05, 3.63) is 35.1 Å². The third-order valence-electron chi connectivity index (χ3n) is 3.37. The number of rotatable bonds is 5. The molecule has 3 rings (SSSR count). The molecule has 0 atom stereocenters. The summed E-state index contributed by atoms with van der Waals surface area (Å²) in [5.41, 5.74) is 0.785. The van der Waals surface area contributed by atoms with Gasteiger partial charge in [-0.15, -0.1) is 0 Å². The van der Waals surface area contributed by atoms with E-state index in [9.17, 15) is 0 Å². The third kappa shape index (κ3) is 3.19. The van der Waals surface area contributed by atoms with Crippen molar-refractivity contribution in [2.75, 3.05) is 24.8 Å². The predicted molar refractivity (Wildman–Crippen MR) is 84.8 cm³/mol. The lowest BCUT2D eigenvalue weighted by Crippen LogP contribution is -2.03. The van der Waals surface area contributed by atoms with E-state index in [-0.39, 0.29) is 0 Å². The van der Waals surface area contributed by atoms with E-state index in [1.807, 2.05) is 25.2 Å². The second kappa shape index (κ2) is 5.77. The van der Waals surface area contributed by atoms with Crippen LogP contribution in [-0.2, 0) is 0 Å². The first-order valence-corrected chi connectivity index (χ1v) is 7.24. The molecule has 1 aliphatic rings. The summed E-state index contributed by atoms with van der Waals surface area (Å²) in [6.07, 6.45) is 2.32. The van der Waals surface area contributed by atoms with Gasteiger partial charge in [-0.1, -0.05) is 11.6 Å². The summed E-state index contributed by atoms with van der Waals surface area (Å²) in [7, 11) is 3.48. The monoisotopic (exact) mass is 304 g/mol. The zero-order valence-electron chi connectivity index (χ0n) is 12.0. The van der Waals surface area contributed by atoms with Gasteiger partial charge in [0.25, 0.3) is 0 Å². The molecule has 0 unspecified atom stereocenters. The van der Waals surface area contributed by atoms with Crippen molar-refractivity contribution in [1.29, 1.82) is 0 Å². The Bertz CT molecular complexity index is 658. The third-order valence-corrected chi connectivity index (χ3v) is 3.60. The van der Waals surface area contributed by atoms with Gasteiger partial charge in [0.1, 0.15) is 23.2 Å². The summed E-state index contributed by atoms with van der Waals surface area (Å²) in [6.45, 7) is 0. The normalized spacial score (nSPS) is 13.9. The van der Waals surface area contributed by atoms with E-state index in [4.69, 9.17) is 16.3 Å². The first-order valence-electron chi connectivity index (χ1n) is 6.87. The van der Waals surface area contributed by atoms with E-state index in [0.717, 1.165) is 41.7 Å². The lowest BCUT2D eigenvalue weighted by molar-refractivity contribution is 0.417. The Labute approximate surface area is 128 Å². The number of nitrogens with one attached hydrogen (secondary N) is 2. The number of hydrogen-bond acceptors (Lipinski definition) is 5. The van der Waals surface area contributed by atoms with E-state index in [0.29, 0.717) is 10.9 Å². The lowest BCUT2D eigenvalue weighted by atomic mass is 10.3. The number of benzene rings is 1. The van der Waals surface area contributed by atoms with Crippen LogP contribution in [0.5, 0.6) is 5.75 Å². The molecule has 21 heavy (non-hydrogen) atoms. The Morgan fingerprint density at radius 2 is 1.95 bits per heavy atom. The number of methoxy groups -OCH3 is 1. The van der Waals surface area contributed by atoms with Gasteiger partial charge in [0.15, 0.2) is 0 Å². The van der Waals surface area contributed by atoms with Crippen LogP contribution >= 0.6 is 11.6 Å². The highest BCUT2D eigenvalue weighted by Crippen LogP contribution is 2.39. The Kier molecular flexibility index (Phi) is 3.84. The summed E-state index contributed by atoms with van der Waals surface area (Å²) >= 11 is 6.05. The van der Waals surface area contributed by atoms with E-state index in [2.05, 4.69) is 20.6 Å². The number of halogens is 1. The summed E-state index contributed by atoms with van der Waals surface area (Å²) in [5, 5.41) is 6.97. The van der Waals surface area contributed by atoms with Crippen LogP contribution in [-0.4, -0.2) is 24.1 Å². The molecule has 0 radical (unpaired) electrons. The highest BCUT2D eigenvalue weighted by Gasteiger charge is 2.27. The zero-order chi connectivity index (χ0) is 14.8. The largest absolute Gasteiger partial charge is 0.495 e. The van der Waals surface area contributed by atoms with Gasteiger partial charge < -0.3 is 15.4 Å². The molecule has 0 bridgehead atoms. The summed E-state index contributed by atoms with van der Waals surface area (Å²) in [4.78, 5) is 9.08. The Hall–Kier alpha value is -2.01. The molecule has 0 spiro atoms. The average molecular weight is 305 g/mol. The van der Waals surface area contributed by atoms with Gasteiger partial charge in [-0.05, 0) is 31.0 Å². The zero-order valence-corrected chi connectivity index (χ0v) is 12.7. The molecule has 1 aromatic heterocycles. The summed E-state index contributed by atoms with van der Waals surface area (Å²) in [5.74, 6) is 3.62. The van der Waals surface area contributed by atoms with Crippen molar-refractivity contribution in [2.24, 2.45) is 0 Å². The molecule has 0 saturated heterocycles. The highest BCUT2D eigenvalue weighted by atomic mass is 35.5. The maximum absolute atomic E-state index is 6.05. The molecule has 1 heterocycles. The maximum atomic E-state index is 6.05. The van der Waals surface area contributed by atoms with Crippen molar-refractivity contribution in [1.82, 2.24) is 9.97 Å². The van der Waals surface area contributed by atoms with Crippen molar-refractivity contribution in [3.63, 3.8) is 0 Å². The molecular formula is C15H17ClN4O. The maximum Gasteiger partial charge on any atom is 0.142 e. The molecule has 6 heteroatoms. The number of ether oxygens (including phenoxy) is 1. The standard InChI is InChI=1S/C15H17ClN4O/c1-17-13-8-14(20-15(19-13)9-3-4-9)18-11-7-10(16)5-6-12(11)21-2/h5-9H,3-4H2,1-2H3,(H2,17,18,19,20). The van der Waals surface area contributed by atoms with Crippen molar-refractivity contribution >= 4 is 28.9 Å². The molecule has 0 amide bonds. The van der Waals surface area contributed by atoms with Gasteiger partial charge in [-0.2, -0.15) is 0 Å². The highest BCUT2D eigenvalue weighted by molar-refractivity contribution is 6.31. The Balaban J connectivity index is 1.93. The van der Waals surface area contributed by atoms with Gasteiger partial charge in [0.2, 0.25) is 0 Å². The topological polar surface area (TPSA) is 59.1 Å². The Morgan fingerprint density at radius 1 is 1.19 bits per heavy atom. The molecule has 1 aliphatic carbocycles. The van der Waals surface area contributed by atoms with Crippen LogP contribution in [0.25, 0.3) is 0 Å². The van der Waals surface area contributed by atoms with Crippen LogP contribution in [0.3, 0.4) is 0 Å². The lowest BCUT2D eigenvalue weighted by Gasteiger charge is -2.12. The molecular weight excluding hydrogens is 288 g/mol. The summed E-state index contributed by atoms with van der Waals surface area (Å²) in [6, 6.07) is 7.30. The van der Waals surface area contributed by atoms with Crippen LogP contribution in [0, 0.1) is 0 Å². The van der Waals surface area contributed by atoms with Gasteiger partial charge in [-0.25, -0.2) is 9.97 Å². The molecule has 0 aliphatic heterocycles. The van der Waals surface area contributed by atoms with Crippen molar-refractivity contribution in [3.8, 4) is 5.75 Å². The van der Waals surface area contributed by atoms with Crippen LogP contribution in [0.1, 0.15) is 24.6 Å². The fourth-order valence-electron chi connectivity index (χ4n) is 2.10. The van der Waals surface area contributed by atoms with Gasteiger partial charge >= 0.3 is 0 Å². The van der Waals surface area contributed by atoms with Crippen LogP contribution in [0.4, 0.5) is 17.3 Å². The number of aromatic nitrogens is 2. The molecule has 1 aromatic carbocycles. The minimum atomic E-state index is 0.486. The van der Waals surface area contributed by atoms with E-state index in [1.165, 1.54) is 0 Å². The van der Waals surface area contributed by atoms with Crippen molar-refractivity contribution in [2.45, 2.75) is 18.8 Å². The fourth-order valence-corrected chi connectivity index (χ4v) is 2.27. The average Bonchev–Trinajstić information content (AvgIpc) is 3.32.